The standard InChI is InChI=1S/C11H16F3NO3/c1-7(9(16)6-18-11(12,13)14)5-8-3-2-4-15-10(8)17/h7-8H,2-6H2,1H3,(H,15,17)/t7-,8-/m0/s1. The van der Waals surface area contributed by atoms with E-state index >= 15 is 0 Å². The molecule has 7 heteroatoms. The first-order chi connectivity index (χ1) is 8.29. The summed E-state index contributed by atoms with van der Waals surface area (Å²) in [5, 5.41) is 2.67. The van der Waals surface area contributed by atoms with Crippen LogP contribution in [0.1, 0.15) is 26.2 Å². The molecule has 1 rings (SSSR count). The third-order valence-corrected chi connectivity index (χ3v) is 2.97. The summed E-state index contributed by atoms with van der Waals surface area (Å²) in [5.41, 5.74) is 0. The minimum Gasteiger partial charge on any atom is -0.356 e. The molecular formula is C11H16F3NO3. The lowest BCUT2D eigenvalue weighted by atomic mass is 9.87. The van der Waals surface area contributed by atoms with Crippen molar-refractivity contribution in [2.75, 3.05) is 13.2 Å². The molecule has 1 aliphatic rings. The van der Waals surface area contributed by atoms with Gasteiger partial charge in [-0.05, 0) is 19.3 Å². The largest absolute Gasteiger partial charge is 0.522 e. The average Bonchev–Trinajstić information content (AvgIpc) is 2.28. The Labute approximate surface area is 103 Å². The van der Waals surface area contributed by atoms with Crippen molar-refractivity contribution in [3.63, 3.8) is 0 Å². The molecule has 1 heterocycles. The first kappa shape index (κ1) is 14.9. The van der Waals surface area contributed by atoms with Crippen LogP contribution in [0.4, 0.5) is 13.2 Å². The highest BCUT2D eigenvalue weighted by molar-refractivity contribution is 5.84. The predicted molar refractivity (Wildman–Crippen MR) is 56.5 cm³/mol. The van der Waals surface area contributed by atoms with Gasteiger partial charge in [-0.15, -0.1) is 13.2 Å². The summed E-state index contributed by atoms with van der Waals surface area (Å²) in [6.07, 6.45) is -3.02. The average molecular weight is 267 g/mol. The van der Waals surface area contributed by atoms with E-state index < -0.39 is 24.7 Å². The Morgan fingerprint density at radius 2 is 2.22 bits per heavy atom. The van der Waals surface area contributed by atoms with Crippen molar-refractivity contribution in [3.8, 4) is 0 Å². The molecule has 104 valence electrons. The van der Waals surface area contributed by atoms with Gasteiger partial charge in [0.15, 0.2) is 5.78 Å². The zero-order chi connectivity index (χ0) is 13.8. The summed E-state index contributed by atoms with van der Waals surface area (Å²) in [4.78, 5) is 22.8. The van der Waals surface area contributed by atoms with Gasteiger partial charge in [-0.1, -0.05) is 6.92 Å². The van der Waals surface area contributed by atoms with E-state index in [2.05, 4.69) is 10.1 Å². The number of carbonyl (C=O) groups excluding carboxylic acids is 2. The third kappa shape index (κ3) is 5.03. The molecule has 0 radical (unpaired) electrons. The number of hydrogen-bond donors (Lipinski definition) is 1. The summed E-state index contributed by atoms with van der Waals surface area (Å²) >= 11 is 0. The molecule has 2 atom stereocenters. The highest BCUT2D eigenvalue weighted by atomic mass is 19.4. The van der Waals surface area contributed by atoms with Gasteiger partial charge in [0.1, 0.15) is 6.61 Å². The van der Waals surface area contributed by atoms with Crippen LogP contribution >= 0.6 is 0 Å². The maximum atomic E-state index is 11.8. The van der Waals surface area contributed by atoms with Gasteiger partial charge in [-0.25, -0.2) is 0 Å². The van der Waals surface area contributed by atoms with Crippen LogP contribution in [0.5, 0.6) is 0 Å². The zero-order valence-corrected chi connectivity index (χ0v) is 10.0. The molecule has 0 aromatic heterocycles. The molecule has 0 aromatic rings. The molecule has 1 saturated heterocycles. The van der Waals surface area contributed by atoms with Crippen molar-refractivity contribution >= 4 is 11.7 Å². The fraction of sp³-hybridized carbons (Fsp3) is 0.818. The second-order valence-corrected chi connectivity index (χ2v) is 4.47. The molecule has 0 aliphatic carbocycles. The number of amides is 1. The number of halogens is 3. The normalized spacial score (nSPS) is 22.4. The topological polar surface area (TPSA) is 55.4 Å². The van der Waals surface area contributed by atoms with E-state index in [0.717, 1.165) is 6.42 Å². The maximum absolute atomic E-state index is 11.8. The van der Waals surface area contributed by atoms with E-state index in [9.17, 15) is 22.8 Å². The molecule has 0 bridgehead atoms. The van der Waals surface area contributed by atoms with Gasteiger partial charge in [0.05, 0.1) is 0 Å². The number of carbonyl (C=O) groups is 2. The minimum absolute atomic E-state index is 0.127. The van der Waals surface area contributed by atoms with Gasteiger partial charge in [0, 0.05) is 18.4 Å². The van der Waals surface area contributed by atoms with Crippen molar-refractivity contribution < 1.29 is 27.5 Å². The lowest BCUT2D eigenvalue weighted by Crippen LogP contribution is -2.38. The molecule has 4 nitrogen and oxygen atoms in total. The Bertz CT molecular complexity index is 317. The first-order valence-electron chi connectivity index (χ1n) is 5.80. The van der Waals surface area contributed by atoms with Gasteiger partial charge >= 0.3 is 6.36 Å². The molecule has 1 aliphatic heterocycles. The first-order valence-corrected chi connectivity index (χ1v) is 5.80. The maximum Gasteiger partial charge on any atom is 0.522 e. The van der Waals surface area contributed by atoms with Crippen LogP contribution in [0.15, 0.2) is 0 Å². The fourth-order valence-corrected chi connectivity index (χ4v) is 1.91. The molecule has 18 heavy (non-hydrogen) atoms. The monoisotopic (exact) mass is 267 g/mol. The third-order valence-electron chi connectivity index (χ3n) is 2.97. The second-order valence-electron chi connectivity index (χ2n) is 4.47. The number of rotatable bonds is 5. The van der Waals surface area contributed by atoms with Crippen molar-refractivity contribution in [2.24, 2.45) is 11.8 Å². The Morgan fingerprint density at radius 1 is 1.56 bits per heavy atom. The second kappa shape index (κ2) is 6.17. The number of hydrogen-bond acceptors (Lipinski definition) is 3. The van der Waals surface area contributed by atoms with Crippen LogP contribution in [0.3, 0.4) is 0 Å². The number of alkyl halides is 3. The molecule has 1 N–H and O–H groups in total. The van der Waals surface area contributed by atoms with Crippen molar-refractivity contribution in [1.29, 1.82) is 0 Å². The summed E-state index contributed by atoms with van der Waals surface area (Å²) < 4.78 is 38.8. The van der Waals surface area contributed by atoms with Crippen LogP contribution in [0.2, 0.25) is 0 Å². The summed E-state index contributed by atoms with van der Waals surface area (Å²) in [6, 6.07) is 0. The van der Waals surface area contributed by atoms with Crippen LogP contribution in [0.25, 0.3) is 0 Å². The van der Waals surface area contributed by atoms with Crippen LogP contribution in [-0.2, 0) is 14.3 Å². The van der Waals surface area contributed by atoms with Gasteiger partial charge in [-0.2, -0.15) is 0 Å². The van der Waals surface area contributed by atoms with Gasteiger partial charge < -0.3 is 5.32 Å². The molecule has 0 spiro atoms. The van der Waals surface area contributed by atoms with E-state index in [1.807, 2.05) is 0 Å². The van der Waals surface area contributed by atoms with Crippen LogP contribution < -0.4 is 5.32 Å². The minimum atomic E-state index is -4.79. The van der Waals surface area contributed by atoms with Crippen LogP contribution in [-0.4, -0.2) is 31.2 Å². The SMILES string of the molecule is C[C@@H](C[C@@H]1CCCNC1=O)C(=O)COC(F)(F)F. The number of piperidine rings is 1. The van der Waals surface area contributed by atoms with E-state index in [1.54, 1.807) is 0 Å². The van der Waals surface area contributed by atoms with E-state index in [0.29, 0.717) is 13.0 Å². The molecule has 1 fully saturated rings. The van der Waals surface area contributed by atoms with Gasteiger partial charge in [0.25, 0.3) is 0 Å². The summed E-state index contributed by atoms with van der Waals surface area (Å²) in [6.45, 7) is 1.15. The van der Waals surface area contributed by atoms with Crippen molar-refractivity contribution in [1.82, 2.24) is 5.32 Å². The lowest BCUT2D eigenvalue weighted by Gasteiger charge is -2.24. The number of Topliss-reactive ketones (excluding diaryl/α,β-unsaturated/α-hetero) is 1. The Balaban J connectivity index is 2.37. The molecule has 1 amide bonds. The fourth-order valence-electron chi connectivity index (χ4n) is 1.91. The van der Waals surface area contributed by atoms with Crippen molar-refractivity contribution in [2.45, 2.75) is 32.5 Å². The highest BCUT2D eigenvalue weighted by Gasteiger charge is 2.32. The summed E-state index contributed by atoms with van der Waals surface area (Å²) in [7, 11) is 0. The predicted octanol–water partition coefficient (Wildman–Crippen LogP) is 1.64. The molecule has 0 unspecified atom stereocenters. The highest BCUT2D eigenvalue weighted by Crippen LogP contribution is 2.22. The Kier molecular flexibility index (Phi) is 5.13. The quantitative estimate of drug-likeness (QED) is 0.824. The lowest BCUT2D eigenvalue weighted by molar-refractivity contribution is -0.321. The smallest absolute Gasteiger partial charge is 0.356 e. The van der Waals surface area contributed by atoms with Gasteiger partial charge in [0.2, 0.25) is 5.91 Å². The number of ether oxygens (including phenoxy) is 1. The Hall–Kier alpha value is -1.11. The van der Waals surface area contributed by atoms with E-state index in [4.69, 9.17) is 0 Å². The number of ketones is 1. The molecule has 0 aromatic carbocycles. The zero-order valence-electron chi connectivity index (χ0n) is 10.0. The van der Waals surface area contributed by atoms with Crippen LogP contribution in [0, 0.1) is 11.8 Å². The number of nitrogens with one attached hydrogen (secondary N) is 1. The molecule has 0 saturated carbocycles. The molecular weight excluding hydrogens is 251 g/mol. The van der Waals surface area contributed by atoms with E-state index in [-0.39, 0.29) is 18.2 Å². The van der Waals surface area contributed by atoms with E-state index in [1.165, 1.54) is 6.92 Å². The summed E-state index contributed by atoms with van der Waals surface area (Å²) in [5.74, 6) is -1.66. The van der Waals surface area contributed by atoms with Gasteiger partial charge in [-0.3, -0.25) is 14.3 Å². The Morgan fingerprint density at radius 3 is 2.78 bits per heavy atom. The van der Waals surface area contributed by atoms with Crippen molar-refractivity contribution in [3.05, 3.63) is 0 Å².